The number of amides is 1. The van der Waals surface area contributed by atoms with Crippen molar-refractivity contribution in [2.24, 2.45) is 0 Å². The molecule has 0 spiro atoms. The minimum Gasteiger partial charge on any atom is -0.346 e. The second kappa shape index (κ2) is 8.54. The van der Waals surface area contributed by atoms with E-state index < -0.39 is 0 Å². The van der Waals surface area contributed by atoms with Gasteiger partial charge in [0.2, 0.25) is 5.91 Å². The van der Waals surface area contributed by atoms with Crippen molar-refractivity contribution < 1.29 is 4.79 Å². The smallest absolute Gasteiger partial charge is 0.247 e. The van der Waals surface area contributed by atoms with Gasteiger partial charge in [-0.15, -0.1) is 22.7 Å². The van der Waals surface area contributed by atoms with Crippen LogP contribution in [0.5, 0.6) is 0 Å². The molecule has 1 aliphatic rings. The quantitative estimate of drug-likeness (QED) is 0.363. The van der Waals surface area contributed by atoms with E-state index in [0.717, 1.165) is 29.4 Å². The summed E-state index contributed by atoms with van der Waals surface area (Å²) in [4.78, 5) is 17.9. The maximum absolute atomic E-state index is 13.3. The van der Waals surface area contributed by atoms with E-state index in [9.17, 15) is 4.79 Å². The van der Waals surface area contributed by atoms with Crippen LogP contribution in [0.25, 0.3) is 17.0 Å². The number of hydrogen-bond donors (Lipinski definition) is 0. The van der Waals surface area contributed by atoms with Crippen LogP contribution in [0.15, 0.2) is 65.5 Å². The van der Waals surface area contributed by atoms with E-state index >= 15 is 0 Å². The lowest BCUT2D eigenvalue weighted by molar-refractivity contribution is -0.127. The van der Waals surface area contributed by atoms with Crippen LogP contribution in [0.4, 0.5) is 0 Å². The molecule has 31 heavy (non-hydrogen) atoms. The third-order valence-electron chi connectivity index (χ3n) is 5.75. The molecule has 4 aromatic rings. The molecule has 0 N–H and O–H groups in total. The van der Waals surface area contributed by atoms with Crippen molar-refractivity contribution in [3.63, 3.8) is 0 Å². The summed E-state index contributed by atoms with van der Waals surface area (Å²) >= 11 is 3.49. The van der Waals surface area contributed by atoms with Crippen molar-refractivity contribution in [1.29, 1.82) is 5.26 Å². The minimum atomic E-state index is -0.0101. The Morgan fingerprint density at radius 1 is 1.16 bits per heavy atom. The lowest BCUT2D eigenvalue weighted by atomic mass is 9.98. The maximum Gasteiger partial charge on any atom is 0.247 e. The highest BCUT2D eigenvalue weighted by Gasteiger charge is 2.32. The van der Waals surface area contributed by atoms with Crippen LogP contribution < -0.4 is 0 Å². The average molecular weight is 444 g/mol. The number of nitrogens with zero attached hydrogens (tertiary/aromatic N) is 3. The van der Waals surface area contributed by atoms with E-state index in [-0.39, 0.29) is 11.9 Å². The first kappa shape index (κ1) is 19.8. The van der Waals surface area contributed by atoms with Gasteiger partial charge in [0.15, 0.2) is 0 Å². The van der Waals surface area contributed by atoms with Crippen molar-refractivity contribution in [3.8, 4) is 6.07 Å². The molecule has 1 atom stereocenters. The molecule has 1 unspecified atom stereocenters. The molecule has 1 amide bonds. The third-order valence-corrected chi connectivity index (χ3v) is 7.67. The topological polar surface area (TPSA) is 49.0 Å². The summed E-state index contributed by atoms with van der Waals surface area (Å²) in [6.45, 7) is 1.37. The van der Waals surface area contributed by atoms with Gasteiger partial charge in [-0.25, -0.2) is 0 Å². The zero-order chi connectivity index (χ0) is 21.2. The number of carbonyl (C=O) groups is 1. The Kier molecular flexibility index (Phi) is 5.46. The fourth-order valence-corrected chi connectivity index (χ4v) is 6.09. The number of thiophene rings is 2. The van der Waals surface area contributed by atoms with Crippen molar-refractivity contribution in [3.05, 3.63) is 86.4 Å². The van der Waals surface area contributed by atoms with E-state index in [0.29, 0.717) is 13.0 Å². The second-order valence-corrected chi connectivity index (χ2v) is 9.52. The van der Waals surface area contributed by atoms with Crippen LogP contribution in [0.2, 0.25) is 0 Å². The first-order chi connectivity index (χ1) is 15.3. The van der Waals surface area contributed by atoms with Crippen LogP contribution in [0.1, 0.15) is 33.3 Å². The van der Waals surface area contributed by atoms with E-state index in [1.54, 1.807) is 28.7 Å². The number of fused-ring (bicyclic) bond motifs is 2. The Balaban J connectivity index is 1.46. The predicted molar refractivity (Wildman–Crippen MR) is 127 cm³/mol. The van der Waals surface area contributed by atoms with Crippen molar-refractivity contribution >= 4 is 45.6 Å². The van der Waals surface area contributed by atoms with Gasteiger partial charge in [0.1, 0.15) is 0 Å². The van der Waals surface area contributed by atoms with Crippen molar-refractivity contribution in [1.82, 2.24) is 9.47 Å². The first-order valence-electron chi connectivity index (χ1n) is 10.3. The SMILES string of the molecule is N#CCCn1cc(/C=C/C(=O)N2CCc3sccc3C2c2cccs2)c2ccccc21. The van der Waals surface area contributed by atoms with Crippen LogP contribution in [0, 0.1) is 11.3 Å². The number of benzene rings is 1. The van der Waals surface area contributed by atoms with Gasteiger partial charge in [0.25, 0.3) is 0 Å². The lowest BCUT2D eigenvalue weighted by Crippen LogP contribution is -2.38. The Bertz CT molecular complexity index is 1290. The number of carbonyl (C=O) groups excluding carboxylic acids is 1. The summed E-state index contributed by atoms with van der Waals surface area (Å²) in [6, 6.07) is 16.7. The summed E-state index contributed by atoms with van der Waals surface area (Å²) in [5.74, 6) is 0.0316. The van der Waals surface area contributed by atoms with E-state index in [4.69, 9.17) is 5.26 Å². The predicted octanol–water partition coefficient (Wildman–Crippen LogP) is 5.87. The van der Waals surface area contributed by atoms with Crippen LogP contribution in [0.3, 0.4) is 0 Å². The molecular formula is C25H21N3OS2. The van der Waals surface area contributed by atoms with Crippen molar-refractivity contribution in [2.45, 2.75) is 25.4 Å². The monoisotopic (exact) mass is 443 g/mol. The molecule has 3 aromatic heterocycles. The maximum atomic E-state index is 13.3. The molecule has 154 valence electrons. The number of hydrogen-bond acceptors (Lipinski definition) is 4. The van der Waals surface area contributed by atoms with Gasteiger partial charge in [-0.3, -0.25) is 4.79 Å². The van der Waals surface area contributed by atoms with Gasteiger partial charge in [-0.1, -0.05) is 24.3 Å². The van der Waals surface area contributed by atoms with Gasteiger partial charge < -0.3 is 9.47 Å². The summed E-state index contributed by atoms with van der Waals surface area (Å²) in [7, 11) is 0. The Hall–Kier alpha value is -3.14. The molecule has 5 rings (SSSR count). The van der Waals surface area contributed by atoms with Gasteiger partial charge in [0, 0.05) is 51.6 Å². The molecular weight excluding hydrogens is 422 g/mol. The van der Waals surface area contributed by atoms with Gasteiger partial charge in [-0.2, -0.15) is 5.26 Å². The Morgan fingerprint density at radius 3 is 2.90 bits per heavy atom. The molecule has 1 aromatic carbocycles. The number of rotatable bonds is 5. The number of nitriles is 1. The van der Waals surface area contributed by atoms with Crippen LogP contribution >= 0.6 is 22.7 Å². The fraction of sp³-hybridized carbons (Fsp3) is 0.200. The summed E-state index contributed by atoms with van der Waals surface area (Å²) in [6.07, 6.45) is 7.02. The summed E-state index contributed by atoms with van der Waals surface area (Å²) in [5.41, 5.74) is 3.35. The zero-order valence-electron chi connectivity index (χ0n) is 16.9. The largest absolute Gasteiger partial charge is 0.346 e. The van der Waals surface area contributed by atoms with Gasteiger partial charge in [-0.05, 0) is 47.0 Å². The third kappa shape index (κ3) is 3.71. The fourth-order valence-electron chi connectivity index (χ4n) is 4.33. The van der Waals surface area contributed by atoms with Gasteiger partial charge >= 0.3 is 0 Å². The zero-order valence-corrected chi connectivity index (χ0v) is 18.5. The Morgan fingerprint density at radius 2 is 2.06 bits per heavy atom. The highest BCUT2D eigenvalue weighted by Crippen LogP contribution is 2.39. The van der Waals surface area contributed by atoms with Crippen LogP contribution in [-0.2, 0) is 17.8 Å². The molecule has 0 fully saturated rings. The Labute approximate surface area is 189 Å². The molecule has 0 saturated heterocycles. The number of aromatic nitrogens is 1. The van der Waals surface area contributed by atoms with Gasteiger partial charge in [0.05, 0.1) is 18.5 Å². The first-order valence-corrected chi connectivity index (χ1v) is 12.1. The summed E-state index contributed by atoms with van der Waals surface area (Å²) < 4.78 is 2.09. The molecule has 6 heteroatoms. The van der Waals surface area contributed by atoms with E-state index in [1.807, 2.05) is 29.3 Å². The second-order valence-electron chi connectivity index (χ2n) is 7.54. The molecule has 0 bridgehead atoms. The molecule has 0 saturated carbocycles. The molecule has 0 aliphatic carbocycles. The highest BCUT2D eigenvalue weighted by molar-refractivity contribution is 7.10. The van der Waals surface area contributed by atoms with Crippen molar-refractivity contribution in [2.75, 3.05) is 6.54 Å². The number of para-hydroxylation sites is 1. The minimum absolute atomic E-state index is 0.0101. The summed E-state index contributed by atoms with van der Waals surface area (Å²) in [5, 5.41) is 14.3. The highest BCUT2D eigenvalue weighted by atomic mass is 32.1. The average Bonchev–Trinajstić information content (AvgIpc) is 3.55. The molecule has 4 heterocycles. The number of aryl methyl sites for hydroxylation is 1. The normalized spacial score (nSPS) is 16.0. The molecule has 4 nitrogen and oxygen atoms in total. The molecule has 1 aliphatic heterocycles. The standard InChI is InChI=1S/C25H21N3OS2/c26-12-4-13-27-17-18(19-5-1-2-6-21(19)27)8-9-24(29)28-14-10-22-20(11-16-31-22)25(28)23-7-3-15-30-23/h1-3,5-9,11,15-17,25H,4,10,13-14H2/b9-8+. The van der Waals surface area contributed by atoms with Crippen LogP contribution in [-0.4, -0.2) is 21.9 Å². The van der Waals surface area contributed by atoms with E-state index in [1.165, 1.54) is 15.3 Å². The molecule has 0 radical (unpaired) electrons. The van der Waals surface area contributed by atoms with E-state index in [2.05, 4.69) is 51.7 Å². The lowest BCUT2D eigenvalue weighted by Gasteiger charge is -2.34.